The third-order valence-electron chi connectivity index (χ3n) is 5.91. The van der Waals surface area contributed by atoms with Gasteiger partial charge in [0.2, 0.25) is 0 Å². The highest BCUT2D eigenvalue weighted by molar-refractivity contribution is 5.04. The van der Waals surface area contributed by atoms with Crippen LogP contribution in [0.15, 0.2) is 0 Å². The first-order valence-corrected chi connectivity index (χ1v) is 8.97. The summed E-state index contributed by atoms with van der Waals surface area (Å²) in [6, 6.07) is 0.599. The van der Waals surface area contributed by atoms with Crippen LogP contribution < -0.4 is 5.32 Å². The summed E-state index contributed by atoms with van der Waals surface area (Å²) < 4.78 is 11.4. The van der Waals surface area contributed by atoms with Crippen LogP contribution in [-0.4, -0.2) is 62.5 Å². The van der Waals surface area contributed by atoms with Gasteiger partial charge in [0.25, 0.3) is 0 Å². The van der Waals surface area contributed by atoms with Crippen molar-refractivity contribution < 1.29 is 9.47 Å². The summed E-state index contributed by atoms with van der Waals surface area (Å²) in [6.07, 6.45) is 11.0. The van der Waals surface area contributed by atoms with Crippen molar-refractivity contribution in [3.63, 3.8) is 0 Å². The minimum atomic E-state index is 0.372. The van der Waals surface area contributed by atoms with Crippen LogP contribution >= 0.6 is 0 Å². The van der Waals surface area contributed by atoms with E-state index in [9.17, 15) is 0 Å². The predicted octanol–water partition coefficient (Wildman–Crippen LogP) is 2.18. The molecule has 2 heterocycles. The van der Waals surface area contributed by atoms with E-state index in [1.54, 1.807) is 0 Å². The molecule has 3 aliphatic rings. The molecule has 2 aliphatic heterocycles. The van der Waals surface area contributed by atoms with Crippen LogP contribution in [0.1, 0.15) is 51.4 Å². The van der Waals surface area contributed by atoms with Gasteiger partial charge < -0.3 is 14.8 Å². The van der Waals surface area contributed by atoms with Crippen LogP contribution in [0.3, 0.4) is 0 Å². The molecule has 0 aromatic carbocycles. The van der Waals surface area contributed by atoms with E-state index in [2.05, 4.69) is 17.3 Å². The Hall–Kier alpha value is -0.160. The fourth-order valence-corrected chi connectivity index (χ4v) is 4.79. The van der Waals surface area contributed by atoms with Crippen LogP contribution in [-0.2, 0) is 9.47 Å². The van der Waals surface area contributed by atoms with Gasteiger partial charge in [-0.25, -0.2) is 0 Å². The van der Waals surface area contributed by atoms with Crippen LogP contribution in [0.5, 0.6) is 0 Å². The van der Waals surface area contributed by atoms with Gasteiger partial charge in [0, 0.05) is 31.3 Å². The maximum atomic E-state index is 5.83. The molecule has 0 amide bonds. The Kier molecular flexibility index (Phi) is 5.54. The monoisotopic (exact) mass is 296 g/mol. The van der Waals surface area contributed by atoms with E-state index in [0.29, 0.717) is 17.7 Å². The van der Waals surface area contributed by atoms with Gasteiger partial charge in [0.15, 0.2) is 0 Å². The third-order valence-corrected chi connectivity index (χ3v) is 5.91. The molecule has 2 saturated heterocycles. The number of rotatable bonds is 6. The summed E-state index contributed by atoms with van der Waals surface area (Å²) in [5, 5.41) is 3.67. The first-order valence-electron chi connectivity index (χ1n) is 8.97. The Morgan fingerprint density at radius 1 is 1.14 bits per heavy atom. The maximum absolute atomic E-state index is 5.83. The van der Waals surface area contributed by atoms with Gasteiger partial charge in [0.1, 0.15) is 0 Å². The molecule has 0 radical (unpaired) electrons. The lowest BCUT2D eigenvalue weighted by atomic mass is 9.82. The number of likely N-dealkylation sites (N-methyl/N-ethyl adjacent to an activating group) is 1. The molecule has 0 aromatic rings. The first kappa shape index (κ1) is 15.7. The number of ether oxygens (including phenoxy) is 2. The quantitative estimate of drug-likeness (QED) is 0.814. The van der Waals surface area contributed by atoms with Crippen LogP contribution in [0, 0.1) is 0 Å². The number of hydrogen-bond donors (Lipinski definition) is 1. The molecule has 4 nitrogen and oxygen atoms in total. The van der Waals surface area contributed by atoms with Gasteiger partial charge in [-0.1, -0.05) is 12.8 Å². The minimum Gasteiger partial charge on any atom is -0.379 e. The topological polar surface area (TPSA) is 33.7 Å². The molecule has 1 saturated carbocycles. The Labute approximate surface area is 129 Å². The molecule has 0 aromatic heterocycles. The van der Waals surface area contributed by atoms with Crippen molar-refractivity contribution in [3.8, 4) is 0 Å². The highest BCUT2D eigenvalue weighted by Crippen LogP contribution is 2.40. The molecule has 1 N–H and O–H groups in total. The van der Waals surface area contributed by atoms with E-state index in [0.717, 1.165) is 32.9 Å². The van der Waals surface area contributed by atoms with E-state index < -0.39 is 0 Å². The normalized spacial score (nSPS) is 31.6. The maximum Gasteiger partial charge on any atom is 0.0594 e. The van der Waals surface area contributed by atoms with Crippen LogP contribution in [0.25, 0.3) is 0 Å². The van der Waals surface area contributed by atoms with Gasteiger partial charge in [-0.2, -0.15) is 0 Å². The molecular formula is C17H32N2O2. The van der Waals surface area contributed by atoms with Gasteiger partial charge in [-0.15, -0.1) is 0 Å². The molecular weight excluding hydrogens is 264 g/mol. The van der Waals surface area contributed by atoms with E-state index in [-0.39, 0.29) is 0 Å². The zero-order chi connectivity index (χ0) is 14.5. The predicted molar refractivity (Wildman–Crippen MR) is 84.6 cm³/mol. The van der Waals surface area contributed by atoms with E-state index >= 15 is 0 Å². The fraction of sp³-hybridized carbons (Fsp3) is 1.00. The van der Waals surface area contributed by atoms with Crippen molar-refractivity contribution >= 4 is 0 Å². The zero-order valence-corrected chi connectivity index (χ0v) is 13.6. The van der Waals surface area contributed by atoms with Crippen LogP contribution in [0.4, 0.5) is 0 Å². The summed E-state index contributed by atoms with van der Waals surface area (Å²) >= 11 is 0. The number of nitrogens with one attached hydrogen (secondary N) is 1. The van der Waals surface area contributed by atoms with E-state index in [4.69, 9.17) is 9.47 Å². The molecule has 21 heavy (non-hydrogen) atoms. The largest absolute Gasteiger partial charge is 0.379 e. The number of morpholine rings is 1. The van der Waals surface area contributed by atoms with E-state index in [1.165, 1.54) is 51.4 Å². The molecule has 3 rings (SSSR count). The molecule has 3 fully saturated rings. The average Bonchev–Trinajstić information content (AvgIpc) is 3.21. The van der Waals surface area contributed by atoms with Crippen molar-refractivity contribution in [2.24, 2.45) is 0 Å². The summed E-state index contributed by atoms with van der Waals surface area (Å²) in [7, 11) is 2.15. The van der Waals surface area contributed by atoms with Crippen molar-refractivity contribution in [2.45, 2.75) is 69.1 Å². The summed E-state index contributed by atoms with van der Waals surface area (Å²) in [6.45, 7) is 5.01. The Balaban J connectivity index is 1.64. The Morgan fingerprint density at radius 2 is 1.90 bits per heavy atom. The standard InChI is InChI=1S/C17H32N2O2/c1-18-16(7-6-15-5-4-12-21-15)17(8-2-3-9-17)19-10-13-20-14-11-19/h15-16,18H,2-14H2,1H3. The van der Waals surface area contributed by atoms with Crippen molar-refractivity contribution in [1.29, 1.82) is 0 Å². The molecule has 2 unspecified atom stereocenters. The van der Waals surface area contributed by atoms with Gasteiger partial charge in [-0.05, 0) is 45.6 Å². The average molecular weight is 296 g/mol. The molecule has 2 atom stereocenters. The summed E-state index contributed by atoms with van der Waals surface area (Å²) in [5.41, 5.74) is 0.372. The number of nitrogens with zero attached hydrogens (tertiary/aromatic N) is 1. The lowest BCUT2D eigenvalue weighted by Gasteiger charge is -2.48. The second-order valence-electron chi connectivity index (χ2n) is 6.96. The Bertz CT molecular complexity index is 306. The lowest BCUT2D eigenvalue weighted by Crippen LogP contribution is -2.62. The molecule has 0 spiro atoms. The highest BCUT2D eigenvalue weighted by Gasteiger charge is 2.45. The second-order valence-corrected chi connectivity index (χ2v) is 6.96. The molecule has 122 valence electrons. The molecule has 1 aliphatic carbocycles. The van der Waals surface area contributed by atoms with Crippen molar-refractivity contribution in [3.05, 3.63) is 0 Å². The summed E-state index contributed by atoms with van der Waals surface area (Å²) in [4.78, 5) is 2.74. The van der Waals surface area contributed by atoms with Gasteiger partial charge in [-0.3, -0.25) is 4.90 Å². The molecule has 4 heteroatoms. The third kappa shape index (κ3) is 3.44. The lowest BCUT2D eigenvalue weighted by molar-refractivity contribution is -0.0377. The fourth-order valence-electron chi connectivity index (χ4n) is 4.79. The molecule has 0 bridgehead atoms. The smallest absolute Gasteiger partial charge is 0.0594 e. The van der Waals surface area contributed by atoms with Crippen molar-refractivity contribution in [2.75, 3.05) is 40.0 Å². The number of hydrogen-bond acceptors (Lipinski definition) is 4. The zero-order valence-electron chi connectivity index (χ0n) is 13.6. The highest BCUT2D eigenvalue weighted by atomic mass is 16.5. The minimum absolute atomic E-state index is 0.372. The van der Waals surface area contributed by atoms with Gasteiger partial charge in [0.05, 0.1) is 19.3 Å². The SMILES string of the molecule is CNC(CCC1CCCO1)C1(N2CCOCC2)CCCC1. The van der Waals surface area contributed by atoms with Crippen LogP contribution in [0.2, 0.25) is 0 Å². The Morgan fingerprint density at radius 3 is 2.52 bits per heavy atom. The summed E-state index contributed by atoms with van der Waals surface area (Å²) in [5.74, 6) is 0. The van der Waals surface area contributed by atoms with Crippen molar-refractivity contribution in [1.82, 2.24) is 10.2 Å². The first-order chi connectivity index (χ1) is 10.3. The second kappa shape index (κ2) is 7.40. The van der Waals surface area contributed by atoms with Gasteiger partial charge >= 0.3 is 0 Å². The van der Waals surface area contributed by atoms with E-state index in [1.807, 2.05) is 0 Å².